The van der Waals surface area contributed by atoms with Crippen molar-refractivity contribution in [2.24, 2.45) is 0 Å². The molecule has 0 radical (unpaired) electrons. The zero-order valence-electron chi connectivity index (χ0n) is 80.0. The Bertz CT molecular complexity index is 7890. The van der Waals surface area contributed by atoms with E-state index in [9.17, 15) is 70.2 Å². The molecule has 0 amide bonds. The number of hydrogen-bond donors (Lipinski definition) is 8. The Balaban J connectivity index is 0.000000128. The molecule has 13 heterocycles. The van der Waals surface area contributed by atoms with Crippen LogP contribution in [0.15, 0.2) is 114 Å². The van der Waals surface area contributed by atoms with E-state index in [1.165, 1.54) is 72.9 Å². The number of H-pyrrole nitrogens is 4. The van der Waals surface area contributed by atoms with Crippen molar-refractivity contribution in [3.05, 3.63) is 238 Å². The molecule has 1 fully saturated rings. The van der Waals surface area contributed by atoms with Crippen LogP contribution < -0.4 is 26.7 Å². The second kappa shape index (κ2) is 35.2. The molecule has 16 aromatic rings. The van der Waals surface area contributed by atoms with Gasteiger partial charge in [0.1, 0.15) is 46.6 Å². The molecule has 21 rings (SSSR count). The fourth-order valence-electron chi connectivity index (χ4n) is 18.8. The Kier molecular flexibility index (Phi) is 25.2. The molecule has 0 spiro atoms. The molecule has 0 bridgehead atoms. The zero-order valence-corrected chi connectivity index (χ0v) is 83.8. The zero-order chi connectivity index (χ0) is 103. The van der Waals surface area contributed by atoms with E-state index in [-0.39, 0.29) is 66.4 Å². The lowest BCUT2D eigenvalue weighted by Gasteiger charge is -2.37. The monoisotopic (exact) mass is 2130 g/mol. The molecule has 41 heteroatoms. The summed E-state index contributed by atoms with van der Waals surface area (Å²) in [5.74, 6) is 8.76. The number of rotatable bonds is 4. The highest BCUT2D eigenvalue weighted by molar-refractivity contribution is 14.1. The van der Waals surface area contributed by atoms with Gasteiger partial charge >= 0.3 is 31.8 Å². The lowest BCUT2D eigenvalue weighted by atomic mass is 9.78. The van der Waals surface area contributed by atoms with Gasteiger partial charge in [-0.05, 0) is 299 Å². The van der Waals surface area contributed by atoms with Crippen molar-refractivity contribution in [3.8, 4) is 80.3 Å². The number of nitrogens with zero attached hydrogens (tertiary/aromatic N) is 12. The molecule has 0 atom stereocenters. The predicted molar refractivity (Wildman–Crippen MR) is 523 cm³/mol. The van der Waals surface area contributed by atoms with E-state index in [1.54, 1.807) is 100 Å². The normalized spacial score (nSPS) is 15.5. The maximum atomic E-state index is 14.8. The number of nitrogens with one attached hydrogen (secondary N) is 8. The van der Waals surface area contributed by atoms with Crippen LogP contribution in [0.2, 0.25) is 0 Å². The van der Waals surface area contributed by atoms with Crippen molar-refractivity contribution >= 4 is 117 Å². The van der Waals surface area contributed by atoms with Crippen molar-refractivity contribution in [1.82, 2.24) is 79.0 Å². The van der Waals surface area contributed by atoms with Gasteiger partial charge < -0.3 is 50.5 Å². The van der Waals surface area contributed by atoms with Gasteiger partial charge in [-0.15, -0.1) is 59.1 Å². The summed E-state index contributed by atoms with van der Waals surface area (Å²) in [6, 6.07) is 19.6. The summed E-state index contributed by atoms with van der Waals surface area (Å²) in [7, 11) is -0.554. The minimum atomic E-state index is -4.75. The molecular formula is C100H93BBrF16IN20O2. The van der Waals surface area contributed by atoms with Gasteiger partial charge in [-0.2, -0.15) is 52.7 Å². The minimum Gasteiger partial charge on any atom is -0.399 e. The highest BCUT2D eigenvalue weighted by Crippen LogP contribution is 2.57. The molecule has 141 heavy (non-hydrogen) atoms. The average molecular weight is 2130 g/mol. The van der Waals surface area contributed by atoms with Crippen molar-refractivity contribution in [2.45, 2.75) is 210 Å². The molecule has 8 aromatic heterocycles. The number of anilines is 4. The first-order chi connectivity index (χ1) is 65.6. The summed E-state index contributed by atoms with van der Waals surface area (Å²) >= 11 is 5.08. The Morgan fingerprint density at radius 2 is 0.688 bits per heavy atom. The third-order valence-electron chi connectivity index (χ3n) is 25.6. The van der Waals surface area contributed by atoms with Gasteiger partial charge in [0.15, 0.2) is 23.3 Å². The lowest BCUT2D eigenvalue weighted by Crippen LogP contribution is -2.41. The number of aromatic amines is 4. The highest BCUT2D eigenvalue weighted by Gasteiger charge is 2.54. The summed E-state index contributed by atoms with van der Waals surface area (Å²) in [5.41, 5.74) is 0.289. The molecule has 0 aliphatic carbocycles. The fraction of sp³-hybridized carbons (Fsp3) is 0.320. The number of fused-ring (bicyclic) bond motifs is 16. The standard InChI is InChI=1S/C25H21F4N5.C22H18F4IN5.C22H19F4N5.C14H17BFNO2.C14H14BrF3N4.C3H4/c1-6-7-14-11-30-21-16(14)9-15(26)10-18(21)17-8-12(2)20-22(19(17)25(27,28)29)34-13(3)32-33-23(34)24(4,5)31-20;1-9-5-12(13-6-11(23)7-14-15(27)8-28-18(13)14)16(22(24,25)26)19-17(9)29-21(3,4)20-31-30-10(2)32(19)20;1-10-7-14(15-9-13(23)8-12-5-6-27-18(12)15)16(22(24,25)26)19-17(10)28-21(3,4)20-30-29-11(2)31(19)20;1-13(2)14(3,4)19-15(18-13)11-8-10(16)7-9-5-6-17-12(9)11;1-6-5-8(15)9(14(16,17)18)11-10(6)19-13(3,4)12-21-20-7(2)22(11)12;1-3-2/h8-11,30-31H,1-5H3;5-8,28-29H,1-4H3;5-9,27-28H,1-4H3;5-8,17H,1-4H3;5,19H,1-4H3;1H,2H3. The Morgan fingerprint density at radius 1 is 0.383 bits per heavy atom. The van der Waals surface area contributed by atoms with Crippen LogP contribution >= 0.6 is 38.5 Å². The number of aromatic nitrogens is 16. The van der Waals surface area contributed by atoms with Gasteiger partial charge in [-0.25, -0.2) is 17.6 Å². The van der Waals surface area contributed by atoms with E-state index in [0.29, 0.717) is 130 Å². The largest absolute Gasteiger partial charge is 0.497 e. The summed E-state index contributed by atoms with van der Waals surface area (Å²) in [6.07, 6.45) is -7.47. The van der Waals surface area contributed by atoms with Crippen LogP contribution in [0.4, 0.5) is 93.0 Å². The molecule has 0 saturated carbocycles. The molecule has 8 N–H and O–H groups in total. The quantitative estimate of drug-likeness (QED) is 0.0353. The topological polar surface area (TPSA) is 253 Å². The van der Waals surface area contributed by atoms with Crippen LogP contribution in [0.3, 0.4) is 0 Å². The van der Waals surface area contributed by atoms with Gasteiger partial charge in [0.25, 0.3) is 0 Å². The van der Waals surface area contributed by atoms with Gasteiger partial charge in [0.2, 0.25) is 0 Å². The molecule has 8 aromatic carbocycles. The first-order valence-corrected chi connectivity index (χ1v) is 45.9. The SMILES string of the molecule is C#CC.CC#Cc1c[nH]c2c(-c3cc(C)c4c(c3C(F)(F)F)-n3c(C)nnc3C(C)(C)N4)cc(F)cc12.CC1(C)OB(c2cc(F)cc3cc[nH]c23)OC1(C)C.Cc1cc(-c2cc(F)cc3c(I)c[nH]c23)c(C(F)(F)F)c2c1NC(C)(C)c1nnc(C)n1-2.Cc1cc(-c2cc(F)cc3cc[nH]c23)c(C(F)(F)F)c2c1NC(C)(C)c1nnc(C)n1-2.Cc1cc(Br)c(C(F)(F)F)c2c1NC(C)(C)c1nnc(C)n1-2. The Labute approximate surface area is 820 Å². The number of halogens is 18. The van der Waals surface area contributed by atoms with Gasteiger partial charge in [-0.1, -0.05) is 21.9 Å². The number of alkyl halides is 12. The molecule has 5 aliphatic rings. The second-order valence-corrected chi connectivity index (χ2v) is 40.1. The first kappa shape index (κ1) is 101. The Hall–Kier alpha value is -13.1. The van der Waals surface area contributed by atoms with E-state index in [1.807, 2.05) is 112 Å². The van der Waals surface area contributed by atoms with Gasteiger partial charge in [-0.3, -0.25) is 18.3 Å². The smallest absolute Gasteiger partial charge is 0.399 e. The lowest BCUT2D eigenvalue weighted by molar-refractivity contribution is -0.138. The van der Waals surface area contributed by atoms with Gasteiger partial charge in [0.05, 0.1) is 118 Å². The van der Waals surface area contributed by atoms with Crippen LogP contribution in [0.1, 0.15) is 194 Å². The van der Waals surface area contributed by atoms with Crippen molar-refractivity contribution in [2.75, 3.05) is 21.3 Å². The summed E-state index contributed by atoms with van der Waals surface area (Å²) in [6.45, 7) is 39.5. The summed E-state index contributed by atoms with van der Waals surface area (Å²) in [4.78, 5) is 12.1. The van der Waals surface area contributed by atoms with Crippen molar-refractivity contribution < 1.29 is 79.6 Å². The maximum Gasteiger partial charge on any atom is 0.497 e. The predicted octanol–water partition coefficient (Wildman–Crippen LogP) is 26.1. The number of terminal acetylenes is 1. The maximum absolute atomic E-state index is 14.8. The van der Waals surface area contributed by atoms with Crippen LogP contribution in [-0.4, -0.2) is 97.3 Å². The van der Waals surface area contributed by atoms with E-state index < -0.39 is 105 Å². The molecule has 1 saturated heterocycles. The molecule has 734 valence electrons. The summed E-state index contributed by atoms with van der Waals surface area (Å²) < 4.78 is 249. The van der Waals surface area contributed by atoms with Crippen LogP contribution in [0, 0.1) is 106 Å². The van der Waals surface area contributed by atoms with E-state index in [0.717, 1.165) is 38.2 Å². The summed E-state index contributed by atoms with van der Waals surface area (Å²) in [5, 5.41) is 47.7. The average Bonchev–Trinajstić information content (AvgIpc) is 1.66. The number of benzene rings is 8. The van der Waals surface area contributed by atoms with E-state index in [2.05, 4.69) is 122 Å². The van der Waals surface area contributed by atoms with E-state index in [4.69, 9.17) is 9.31 Å². The Morgan fingerprint density at radius 3 is 1.05 bits per heavy atom. The van der Waals surface area contributed by atoms with Crippen LogP contribution in [0.5, 0.6) is 0 Å². The number of hydrogen-bond acceptors (Lipinski definition) is 14. The fourth-order valence-corrected chi connectivity index (χ4v) is 20.1. The molecular weight excluding hydrogens is 2030 g/mol. The third-order valence-corrected chi connectivity index (χ3v) is 27.2. The van der Waals surface area contributed by atoms with E-state index >= 15 is 0 Å². The molecule has 22 nitrogen and oxygen atoms in total. The first-order valence-electron chi connectivity index (χ1n) is 44.0. The third kappa shape index (κ3) is 17.6. The molecule has 5 aliphatic heterocycles. The second-order valence-electron chi connectivity index (χ2n) is 38.1. The molecule has 0 unspecified atom stereocenters. The minimum absolute atomic E-state index is 0.0109. The van der Waals surface area contributed by atoms with Crippen LogP contribution in [-0.2, 0) is 56.2 Å². The van der Waals surface area contributed by atoms with Crippen molar-refractivity contribution in [1.29, 1.82) is 0 Å². The number of aryl methyl sites for hydroxylation is 8. The van der Waals surface area contributed by atoms with Crippen molar-refractivity contribution in [3.63, 3.8) is 0 Å². The van der Waals surface area contributed by atoms with Crippen LogP contribution in [0.25, 0.3) is 99.7 Å². The highest BCUT2D eigenvalue weighted by atomic mass is 127. The van der Waals surface area contributed by atoms with Gasteiger partial charge in [0, 0.05) is 87.6 Å².